The van der Waals surface area contributed by atoms with Crippen LogP contribution in [0.4, 0.5) is 5.69 Å². The summed E-state index contributed by atoms with van der Waals surface area (Å²) in [6, 6.07) is 11.7. The highest BCUT2D eigenvalue weighted by molar-refractivity contribution is 6.08. The van der Waals surface area contributed by atoms with E-state index in [4.69, 9.17) is 9.15 Å². The van der Waals surface area contributed by atoms with E-state index in [0.717, 1.165) is 0 Å². The van der Waals surface area contributed by atoms with Gasteiger partial charge in [0.2, 0.25) is 0 Å². The van der Waals surface area contributed by atoms with Crippen LogP contribution in [0, 0.1) is 0 Å². The summed E-state index contributed by atoms with van der Waals surface area (Å²) in [6.45, 7) is 0.332. The molecule has 0 saturated carbocycles. The average Bonchev–Trinajstić information content (AvgIpc) is 3.13. The van der Waals surface area contributed by atoms with Gasteiger partial charge in [-0.2, -0.15) is 0 Å². The Morgan fingerprint density at radius 1 is 1.15 bits per heavy atom. The topological polar surface area (TPSA) is 59.8 Å². The largest absolute Gasteiger partial charge is 0.464 e. The number of benzene rings is 1. The van der Waals surface area contributed by atoms with Crippen molar-refractivity contribution in [2.24, 2.45) is 0 Å². The molecule has 1 atom stereocenters. The van der Waals surface area contributed by atoms with Crippen LogP contribution in [0.25, 0.3) is 0 Å². The molecular weight excluding hydrogens is 258 g/mol. The van der Waals surface area contributed by atoms with Crippen molar-refractivity contribution in [2.75, 3.05) is 11.5 Å². The summed E-state index contributed by atoms with van der Waals surface area (Å²) in [6.07, 6.45) is 1.92. The van der Waals surface area contributed by atoms with Crippen molar-refractivity contribution in [2.45, 2.75) is 12.5 Å². The molecule has 1 aliphatic heterocycles. The number of nitrogens with zero attached hydrogens (tertiary/aromatic N) is 1. The number of hydrogen-bond acceptors (Lipinski definition) is 4. The zero-order chi connectivity index (χ0) is 13.9. The fraction of sp³-hybridized carbons (Fsp3) is 0.200. The molecule has 1 fully saturated rings. The maximum atomic E-state index is 12.6. The van der Waals surface area contributed by atoms with Crippen LogP contribution < -0.4 is 4.90 Å². The highest BCUT2D eigenvalue weighted by Gasteiger charge is 2.37. The highest BCUT2D eigenvalue weighted by atomic mass is 16.5. The van der Waals surface area contributed by atoms with Crippen molar-refractivity contribution < 1.29 is 18.7 Å². The van der Waals surface area contributed by atoms with Crippen LogP contribution in [0.5, 0.6) is 0 Å². The molecule has 102 valence electrons. The molecule has 1 amide bonds. The number of rotatable bonds is 3. The number of anilines is 1. The van der Waals surface area contributed by atoms with Gasteiger partial charge in [-0.15, -0.1) is 0 Å². The number of esters is 1. The average molecular weight is 271 g/mol. The maximum Gasteiger partial charge on any atom is 0.329 e. The molecule has 1 aromatic carbocycles. The second-order valence-corrected chi connectivity index (χ2v) is 4.46. The molecule has 1 aromatic heterocycles. The summed E-state index contributed by atoms with van der Waals surface area (Å²) in [5.74, 6) is -0.521. The Bertz CT molecular complexity index is 606. The number of cyclic esters (lactones) is 1. The van der Waals surface area contributed by atoms with Gasteiger partial charge in [0.15, 0.2) is 5.76 Å². The summed E-state index contributed by atoms with van der Waals surface area (Å²) in [5, 5.41) is 0. The Kier molecular flexibility index (Phi) is 3.25. The molecule has 1 aliphatic rings. The minimum absolute atomic E-state index is 0.202. The Labute approximate surface area is 115 Å². The fourth-order valence-electron chi connectivity index (χ4n) is 2.27. The molecular formula is C15H13NO4. The first-order valence-electron chi connectivity index (χ1n) is 6.36. The molecule has 0 N–H and O–H groups in total. The lowest BCUT2D eigenvalue weighted by Crippen LogP contribution is -2.43. The molecule has 2 heterocycles. The third kappa shape index (κ3) is 2.18. The molecule has 20 heavy (non-hydrogen) atoms. The summed E-state index contributed by atoms with van der Waals surface area (Å²) in [4.78, 5) is 25.8. The highest BCUT2D eigenvalue weighted by Crippen LogP contribution is 2.25. The number of para-hydroxylation sites is 1. The summed E-state index contributed by atoms with van der Waals surface area (Å²) in [5.41, 5.74) is 0.651. The number of hydrogen-bond donors (Lipinski definition) is 0. The van der Waals surface area contributed by atoms with Crippen LogP contribution in [0.15, 0.2) is 53.1 Å². The van der Waals surface area contributed by atoms with Gasteiger partial charge in [-0.1, -0.05) is 18.2 Å². The molecule has 0 aliphatic carbocycles. The lowest BCUT2D eigenvalue weighted by molar-refractivity contribution is -0.139. The zero-order valence-electron chi connectivity index (χ0n) is 10.7. The van der Waals surface area contributed by atoms with Gasteiger partial charge in [-0.3, -0.25) is 9.69 Å². The van der Waals surface area contributed by atoms with Gasteiger partial charge in [0, 0.05) is 12.1 Å². The van der Waals surface area contributed by atoms with Gasteiger partial charge in [0.25, 0.3) is 5.91 Å². The molecule has 5 heteroatoms. The van der Waals surface area contributed by atoms with Crippen LogP contribution in [0.1, 0.15) is 17.0 Å². The summed E-state index contributed by atoms with van der Waals surface area (Å²) in [7, 11) is 0. The molecule has 5 nitrogen and oxygen atoms in total. The van der Waals surface area contributed by atoms with E-state index in [1.54, 1.807) is 24.3 Å². The van der Waals surface area contributed by atoms with Gasteiger partial charge in [0.05, 0.1) is 12.9 Å². The van der Waals surface area contributed by atoms with Gasteiger partial charge in [-0.25, -0.2) is 4.79 Å². The number of ether oxygens (including phenoxy) is 1. The smallest absolute Gasteiger partial charge is 0.329 e. The van der Waals surface area contributed by atoms with E-state index in [9.17, 15) is 9.59 Å². The van der Waals surface area contributed by atoms with Crippen molar-refractivity contribution in [1.29, 1.82) is 0 Å². The standard InChI is InChI=1S/C15H13NO4/c17-14(13-7-4-9-19-13)16(11-5-2-1-3-6-11)12-8-10-20-15(12)18/h1-7,9,12H,8,10H2. The predicted octanol–water partition coefficient (Wildman–Crippen LogP) is 2.24. The fourth-order valence-corrected chi connectivity index (χ4v) is 2.27. The van der Waals surface area contributed by atoms with Crippen LogP contribution in [-0.2, 0) is 9.53 Å². The first kappa shape index (κ1) is 12.5. The first-order valence-corrected chi connectivity index (χ1v) is 6.36. The van der Waals surface area contributed by atoms with E-state index in [1.165, 1.54) is 11.2 Å². The summed E-state index contributed by atoms with van der Waals surface area (Å²) < 4.78 is 10.1. The first-order chi connectivity index (χ1) is 9.77. The quantitative estimate of drug-likeness (QED) is 0.803. The number of carbonyl (C=O) groups excluding carboxylic acids is 2. The molecule has 3 rings (SSSR count). The van der Waals surface area contributed by atoms with Gasteiger partial charge >= 0.3 is 5.97 Å². The Hall–Kier alpha value is -2.56. The van der Waals surface area contributed by atoms with Crippen LogP contribution in [0.3, 0.4) is 0 Å². The van der Waals surface area contributed by atoms with Gasteiger partial charge < -0.3 is 9.15 Å². The van der Waals surface area contributed by atoms with E-state index in [1.807, 2.05) is 18.2 Å². The lowest BCUT2D eigenvalue weighted by atomic mass is 10.1. The maximum absolute atomic E-state index is 12.6. The molecule has 0 bridgehead atoms. The van der Waals surface area contributed by atoms with Gasteiger partial charge in [-0.05, 0) is 24.3 Å². The normalized spacial score (nSPS) is 17.8. The van der Waals surface area contributed by atoms with E-state index in [-0.39, 0.29) is 17.6 Å². The van der Waals surface area contributed by atoms with Crippen molar-refractivity contribution in [3.8, 4) is 0 Å². The lowest BCUT2D eigenvalue weighted by Gasteiger charge is -2.25. The van der Waals surface area contributed by atoms with Crippen molar-refractivity contribution in [1.82, 2.24) is 0 Å². The summed E-state index contributed by atoms with van der Waals surface area (Å²) >= 11 is 0. The Balaban J connectivity index is 1.99. The Morgan fingerprint density at radius 3 is 2.55 bits per heavy atom. The van der Waals surface area contributed by atoms with Crippen molar-refractivity contribution in [3.05, 3.63) is 54.5 Å². The van der Waals surface area contributed by atoms with Crippen molar-refractivity contribution >= 4 is 17.6 Å². The third-order valence-electron chi connectivity index (χ3n) is 3.20. The third-order valence-corrected chi connectivity index (χ3v) is 3.20. The number of carbonyl (C=O) groups is 2. The van der Waals surface area contributed by atoms with E-state index < -0.39 is 6.04 Å². The molecule has 1 unspecified atom stereocenters. The number of furan rings is 1. The molecule has 1 saturated heterocycles. The Morgan fingerprint density at radius 2 is 1.95 bits per heavy atom. The second kappa shape index (κ2) is 5.21. The zero-order valence-corrected chi connectivity index (χ0v) is 10.7. The monoisotopic (exact) mass is 271 g/mol. The molecule has 0 spiro atoms. The molecule has 0 radical (unpaired) electrons. The molecule has 2 aromatic rings. The number of amides is 1. The van der Waals surface area contributed by atoms with Gasteiger partial charge in [0.1, 0.15) is 6.04 Å². The van der Waals surface area contributed by atoms with E-state index in [2.05, 4.69) is 0 Å². The predicted molar refractivity (Wildman–Crippen MR) is 71.3 cm³/mol. The van der Waals surface area contributed by atoms with E-state index in [0.29, 0.717) is 18.7 Å². The van der Waals surface area contributed by atoms with Crippen LogP contribution in [-0.4, -0.2) is 24.5 Å². The van der Waals surface area contributed by atoms with Crippen LogP contribution >= 0.6 is 0 Å². The van der Waals surface area contributed by atoms with Crippen molar-refractivity contribution in [3.63, 3.8) is 0 Å². The second-order valence-electron chi connectivity index (χ2n) is 4.46. The van der Waals surface area contributed by atoms with Crippen LogP contribution in [0.2, 0.25) is 0 Å². The van der Waals surface area contributed by atoms with E-state index >= 15 is 0 Å². The SMILES string of the molecule is O=C1OCCC1N(C(=O)c1ccco1)c1ccccc1. The minimum Gasteiger partial charge on any atom is -0.464 e. The minimum atomic E-state index is -0.602.